The number of pyridine rings is 1. The number of benzene rings is 2. The maximum Gasteiger partial charge on any atom is 0.145 e. The van der Waals surface area contributed by atoms with Crippen molar-refractivity contribution in [3.8, 4) is 0 Å². The molecule has 0 unspecified atom stereocenters. The summed E-state index contributed by atoms with van der Waals surface area (Å²) in [5, 5.41) is 2.78. The van der Waals surface area contributed by atoms with Gasteiger partial charge in [0.15, 0.2) is 0 Å². The summed E-state index contributed by atoms with van der Waals surface area (Å²) in [4.78, 5) is 4.87. The molecule has 0 aliphatic carbocycles. The van der Waals surface area contributed by atoms with Crippen LogP contribution in [-0.2, 0) is 10.8 Å². The third-order valence-corrected chi connectivity index (χ3v) is 8.04. The van der Waals surface area contributed by atoms with E-state index in [9.17, 15) is 0 Å². The van der Waals surface area contributed by atoms with Gasteiger partial charge < -0.3 is 0 Å². The standard InChI is InChI=1S/C25H28N2/c1-15-12-13-18-21-20(15)16-10-8-9-11-17(16)22-26-14-19(27(21)22)24(4,5)25(6,7)23(18,2)3/h8-14H,1-7H3/i1D3. The third-order valence-electron chi connectivity index (χ3n) is 8.04. The molecule has 2 aromatic heterocycles. The van der Waals surface area contributed by atoms with Gasteiger partial charge in [0.25, 0.3) is 0 Å². The fourth-order valence-corrected chi connectivity index (χ4v) is 5.14. The first-order valence-electron chi connectivity index (χ1n) is 11.2. The summed E-state index contributed by atoms with van der Waals surface area (Å²) < 4.78 is 27.0. The van der Waals surface area contributed by atoms with Crippen LogP contribution in [0.3, 0.4) is 0 Å². The summed E-state index contributed by atoms with van der Waals surface area (Å²) in [6.07, 6.45) is 2.00. The fourth-order valence-electron chi connectivity index (χ4n) is 5.14. The summed E-state index contributed by atoms with van der Waals surface area (Å²) in [5.74, 6) is 0. The summed E-state index contributed by atoms with van der Waals surface area (Å²) >= 11 is 0. The van der Waals surface area contributed by atoms with E-state index in [1.807, 2.05) is 36.5 Å². The van der Waals surface area contributed by atoms with E-state index in [1.165, 1.54) is 5.56 Å². The van der Waals surface area contributed by atoms with Crippen LogP contribution in [0.4, 0.5) is 0 Å². The van der Waals surface area contributed by atoms with Crippen molar-refractivity contribution in [2.75, 3.05) is 0 Å². The quantitative estimate of drug-likeness (QED) is 0.326. The zero-order valence-corrected chi connectivity index (χ0v) is 16.9. The lowest BCUT2D eigenvalue weighted by atomic mass is 9.52. The van der Waals surface area contributed by atoms with Gasteiger partial charge in [-0.25, -0.2) is 4.98 Å². The van der Waals surface area contributed by atoms with E-state index >= 15 is 0 Å². The van der Waals surface area contributed by atoms with Gasteiger partial charge in [-0.15, -0.1) is 0 Å². The molecule has 5 rings (SSSR count). The average Bonchev–Trinajstić information content (AvgIpc) is 3.10. The third kappa shape index (κ3) is 1.70. The molecule has 2 nitrogen and oxygen atoms in total. The Morgan fingerprint density at radius 1 is 0.889 bits per heavy atom. The molecule has 0 saturated heterocycles. The topological polar surface area (TPSA) is 17.3 Å². The van der Waals surface area contributed by atoms with Crippen molar-refractivity contribution in [1.82, 2.24) is 9.38 Å². The Kier molecular flexibility index (Phi) is 2.41. The molecule has 138 valence electrons. The van der Waals surface area contributed by atoms with Crippen molar-refractivity contribution in [3.05, 3.63) is 59.4 Å². The Morgan fingerprint density at radius 2 is 1.59 bits per heavy atom. The lowest BCUT2D eigenvalue weighted by molar-refractivity contribution is 0.0924. The Labute approximate surface area is 165 Å². The molecule has 0 N–H and O–H groups in total. The molecule has 1 aliphatic rings. The van der Waals surface area contributed by atoms with Crippen LogP contribution in [0.15, 0.2) is 42.6 Å². The number of aryl methyl sites for hydroxylation is 1. The molecule has 0 bridgehead atoms. The molecule has 0 fully saturated rings. The number of hydrogen-bond acceptors (Lipinski definition) is 1. The summed E-state index contributed by atoms with van der Waals surface area (Å²) in [6.45, 7) is 11.6. The molecule has 2 aromatic carbocycles. The van der Waals surface area contributed by atoms with E-state index in [1.54, 1.807) is 0 Å². The first kappa shape index (κ1) is 13.8. The van der Waals surface area contributed by atoms with Crippen LogP contribution >= 0.6 is 0 Å². The second-order valence-corrected chi connectivity index (χ2v) is 9.61. The number of nitrogens with zero attached hydrogens (tertiary/aromatic N) is 2. The SMILES string of the molecule is [2H]C([2H])([2H])c1ccc2c3c1c1ccccc1c1ncc(n13)C(C)(C)C(C)(C)C2(C)C. The molecule has 0 atom stereocenters. The van der Waals surface area contributed by atoms with E-state index in [2.05, 4.69) is 52.0 Å². The molecule has 27 heavy (non-hydrogen) atoms. The molecule has 4 aromatic rings. The molecule has 3 heterocycles. The van der Waals surface area contributed by atoms with E-state index in [-0.39, 0.29) is 16.2 Å². The lowest BCUT2D eigenvalue weighted by Gasteiger charge is -2.51. The van der Waals surface area contributed by atoms with Crippen molar-refractivity contribution in [3.63, 3.8) is 0 Å². The highest BCUT2D eigenvalue weighted by Crippen LogP contribution is 2.57. The van der Waals surface area contributed by atoms with Gasteiger partial charge in [0.2, 0.25) is 0 Å². The van der Waals surface area contributed by atoms with E-state index in [0.29, 0.717) is 5.56 Å². The number of hydrogen-bond donors (Lipinski definition) is 0. The Bertz CT molecular complexity index is 1350. The highest BCUT2D eigenvalue weighted by molar-refractivity contribution is 6.14. The number of aromatic nitrogens is 2. The number of rotatable bonds is 0. The second-order valence-electron chi connectivity index (χ2n) is 9.61. The largest absolute Gasteiger partial charge is 0.295 e. The fraction of sp³-hybridized carbons (Fsp3) is 0.400. The minimum absolute atomic E-state index is 0.115. The predicted molar refractivity (Wildman–Crippen MR) is 115 cm³/mol. The van der Waals surface area contributed by atoms with Crippen molar-refractivity contribution in [2.45, 2.75) is 59.2 Å². The number of imidazole rings is 1. The predicted octanol–water partition coefficient (Wildman–Crippen LogP) is 6.54. The van der Waals surface area contributed by atoms with Crippen LogP contribution in [0, 0.1) is 12.3 Å². The van der Waals surface area contributed by atoms with Crippen LogP contribution in [0.5, 0.6) is 0 Å². The van der Waals surface area contributed by atoms with Gasteiger partial charge in [-0.2, -0.15) is 0 Å². The van der Waals surface area contributed by atoms with Crippen LogP contribution < -0.4 is 0 Å². The van der Waals surface area contributed by atoms with Gasteiger partial charge >= 0.3 is 0 Å². The van der Waals surface area contributed by atoms with Crippen molar-refractivity contribution in [2.24, 2.45) is 5.41 Å². The summed E-state index contributed by atoms with van der Waals surface area (Å²) in [6, 6.07) is 11.9. The molecule has 0 saturated carbocycles. The van der Waals surface area contributed by atoms with Gasteiger partial charge in [0.05, 0.1) is 5.52 Å². The Morgan fingerprint density at radius 3 is 2.30 bits per heavy atom. The molecule has 0 amide bonds. The normalized spacial score (nSPS) is 21.9. The average molecular weight is 360 g/mol. The molecule has 1 aliphatic heterocycles. The smallest absolute Gasteiger partial charge is 0.145 e. The van der Waals surface area contributed by atoms with E-state index in [0.717, 1.165) is 33.0 Å². The second kappa shape index (κ2) is 4.73. The van der Waals surface area contributed by atoms with Gasteiger partial charge in [-0.1, -0.05) is 77.9 Å². The minimum atomic E-state index is -2.20. The van der Waals surface area contributed by atoms with Crippen LogP contribution in [0.1, 0.15) is 62.5 Å². The first-order chi connectivity index (χ1) is 13.8. The minimum Gasteiger partial charge on any atom is -0.295 e. The van der Waals surface area contributed by atoms with Crippen molar-refractivity contribution < 1.29 is 4.11 Å². The van der Waals surface area contributed by atoms with Crippen molar-refractivity contribution in [1.29, 1.82) is 0 Å². The van der Waals surface area contributed by atoms with Gasteiger partial charge in [0.1, 0.15) is 5.65 Å². The molecular formula is C25H28N2. The van der Waals surface area contributed by atoms with Gasteiger partial charge in [-0.05, 0) is 34.2 Å². The molecule has 0 radical (unpaired) electrons. The zero-order valence-electron chi connectivity index (χ0n) is 19.9. The first-order valence-corrected chi connectivity index (χ1v) is 9.68. The summed E-state index contributed by atoms with van der Waals surface area (Å²) in [5.41, 5.74) is 4.11. The molecule has 2 heteroatoms. The maximum absolute atomic E-state index is 8.26. The number of fused-ring (bicyclic) bond motifs is 3. The lowest BCUT2D eigenvalue weighted by Crippen LogP contribution is -2.49. The maximum atomic E-state index is 8.26. The monoisotopic (exact) mass is 359 g/mol. The molecule has 0 spiro atoms. The van der Waals surface area contributed by atoms with Gasteiger partial charge in [-0.3, -0.25) is 4.40 Å². The Balaban J connectivity index is 2.21. The zero-order chi connectivity index (χ0) is 21.9. The van der Waals surface area contributed by atoms with Gasteiger partial charge in [0, 0.05) is 32.2 Å². The highest BCUT2D eigenvalue weighted by Gasteiger charge is 2.53. The Hall–Kier alpha value is -2.35. The summed E-state index contributed by atoms with van der Waals surface area (Å²) in [7, 11) is 0. The molecular weight excluding hydrogens is 328 g/mol. The van der Waals surface area contributed by atoms with Crippen molar-refractivity contribution >= 4 is 27.3 Å². The van der Waals surface area contributed by atoms with Crippen LogP contribution in [0.25, 0.3) is 27.3 Å². The van der Waals surface area contributed by atoms with E-state index < -0.39 is 6.85 Å². The van der Waals surface area contributed by atoms with E-state index in [4.69, 9.17) is 9.10 Å². The highest BCUT2D eigenvalue weighted by atomic mass is 15.0. The van der Waals surface area contributed by atoms with Crippen LogP contribution in [0.2, 0.25) is 0 Å². The van der Waals surface area contributed by atoms with Crippen LogP contribution in [-0.4, -0.2) is 9.38 Å².